The number of rotatable bonds is 4. The number of para-hydroxylation sites is 1. The lowest BCUT2D eigenvalue weighted by Crippen LogP contribution is -2.46. The summed E-state index contributed by atoms with van der Waals surface area (Å²) in [4.78, 5) is 8.98. The minimum atomic E-state index is 0.300. The Morgan fingerprint density at radius 1 is 1.10 bits per heavy atom. The molecule has 6 heteroatoms. The zero-order chi connectivity index (χ0) is 13.8. The van der Waals surface area contributed by atoms with E-state index in [0.717, 1.165) is 38.5 Å². The molecule has 0 amide bonds. The van der Waals surface area contributed by atoms with Crippen LogP contribution in [0.4, 0.5) is 5.69 Å². The third-order valence-corrected chi connectivity index (χ3v) is 3.54. The standard InChI is InChI=1S/C14H19N5O/c15-10-14-16-13(17-20-14)11-18-6-8-19(9-7-18)12-4-2-1-3-5-12/h1-5H,6-11,15H2. The van der Waals surface area contributed by atoms with Crippen molar-refractivity contribution in [1.82, 2.24) is 15.0 Å². The van der Waals surface area contributed by atoms with Gasteiger partial charge in [0.2, 0.25) is 5.89 Å². The van der Waals surface area contributed by atoms with Crippen molar-refractivity contribution in [1.29, 1.82) is 0 Å². The third-order valence-electron chi connectivity index (χ3n) is 3.54. The van der Waals surface area contributed by atoms with Gasteiger partial charge in [0.15, 0.2) is 5.82 Å². The molecule has 6 nitrogen and oxygen atoms in total. The molecule has 1 aromatic carbocycles. The van der Waals surface area contributed by atoms with Crippen LogP contribution in [0.15, 0.2) is 34.9 Å². The Labute approximate surface area is 118 Å². The van der Waals surface area contributed by atoms with Gasteiger partial charge >= 0.3 is 0 Å². The van der Waals surface area contributed by atoms with Crippen molar-refractivity contribution in [2.24, 2.45) is 5.73 Å². The highest BCUT2D eigenvalue weighted by molar-refractivity contribution is 5.46. The van der Waals surface area contributed by atoms with Crippen LogP contribution in [0, 0.1) is 0 Å². The molecule has 1 fully saturated rings. The average molecular weight is 273 g/mol. The van der Waals surface area contributed by atoms with E-state index in [9.17, 15) is 0 Å². The van der Waals surface area contributed by atoms with Crippen molar-refractivity contribution in [3.05, 3.63) is 42.0 Å². The van der Waals surface area contributed by atoms with E-state index in [2.05, 4.69) is 44.2 Å². The van der Waals surface area contributed by atoms with Crippen molar-refractivity contribution >= 4 is 5.69 Å². The Morgan fingerprint density at radius 2 is 1.85 bits per heavy atom. The van der Waals surface area contributed by atoms with E-state index in [0.29, 0.717) is 12.4 Å². The Bertz CT molecular complexity index is 534. The number of hydrogen-bond donors (Lipinski definition) is 1. The number of nitrogens with zero attached hydrogens (tertiary/aromatic N) is 4. The monoisotopic (exact) mass is 273 g/mol. The van der Waals surface area contributed by atoms with Gasteiger partial charge in [-0.2, -0.15) is 4.98 Å². The second kappa shape index (κ2) is 6.02. The highest BCUT2D eigenvalue weighted by atomic mass is 16.5. The van der Waals surface area contributed by atoms with Gasteiger partial charge in [-0.1, -0.05) is 23.4 Å². The molecule has 0 bridgehead atoms. The first kappa shape index (κ1) is 13.1. The van der Waals surface area contributed by atoms with Crippen LogP contribution in [0.1, 0.15) is 11.7 Å². The van der Waals surface area contributed by atoms with Crippen LogP contribution in [0.5, 0.6) is 0 Å². The smallest absolute Gasteiger partial charge is 0.240 e. The summed E-state index contributed by atoms with van der Waals surface area (Å²) in [7, 11) is 0. The summed E-state index contributed by atoms with van der Waals surface area (Å²) < 4.78 is 5.02. The average Bonchev–Trinajstić information content (AvgIpc) is 2.97. The van der Waals surface area contributed by atoms with E-state index in [-0.39, 0.29) is 0 Å². The van der Waals surface area contributed by atoms with Crippen LogP contribution in [-0.4, -0.2) is 41.2 Å². The lowest BCUT2D eigenvalue weighted by Gasteiger charge is -2.35. The highest BCUT2D eigenvalue weighted by Gasteiger charge is 2.18. The maximum absolute atomic E-state index is 5.46. The van der Waals surface area contributed by atoms with Crippen LogP contribution in [0.3, 0.4) is 0 Å². The maximum atomic E-state index is 5.46. The second-order valence-corrected chi connectivity index (χ2v) is 4.91. The van der Waals surface area contributed by atoms with E-state index >= 15 is 0 Å². The zero-order valence-electron chi connectivity index (χ0n) is 11.4. The Kier molecular flexibility index (Phi) is 3.94. The summed E-state index contributed by atoms with van der Waals surface area (Å²) in [6.07, 6.45) is 0. The molecule has 106 valence electrons. The summed E-state index contributed by atoms with van der Waals surface area (Å²) in [5, 5.41) is 3.94. The van der Waals surface area contributed by atoms with Gasteiger partial charge in [0.1, 0.15) is 0 Å². The summed E-state index contributed by atoms with van der Waals surface area (Å²) in [5.41, 5.74) is 6.75. The predicted octanol–water partition coefficient (Wildman–Crippen LogP) is 0.850. The first-order chi connectivity index (χ1) is 9.85. The van der Waals surface area contributed by atoms with Gasteiger partial charge in [-0.15, -0.1) is 0 Å². The second-order valence-electron chi connectivity index (χ2n) is 4.91. The lowest BCUT2D eigenvalue weighted by molar-refractivity contribution is 0.240. The predicted molar refractivity (Wildman–Crippen MR) is 76.1 cm³/mol. The number of hydrogen-bond acceptors (Lipinski definition) is 6. The first-order valence-electron chi connectivity index (χ1n) is 6.89. The maximum Gasteiger partial charge on any atom is 0.240 e. The zero-order valence-corrected chi connectivity index (χ0v) is 11.4. The molecule has 2 heterocycles. The van der Waals surface area contributed by atoms with Crippen molar-refractivity contribution in [3.63, 3.8) is 0 Å². The van der Waals surface area contributed by atoms with Crippen LogP contribution in [-0.2, 0) is 13.1 Å². The van der Waals surface area contributed by atoms with Gasteiger partial charge in [0, 0.05) is 31.9 Å². The van der Waals surface area contributed by atoms with Crippen molar-refractivity contribution in [2.45, 2.75) is 13.1 Å². The van der Waals surface area contributed by atoms with Crippen molar-refractivity contribution in [2.75, 3.05) is 31.1 Å². The Hall–Kier alpha value is -1.92. The van der Waals surface area contributed by atoms with Gasteiger partial charge in [0.25, 0.3) is 0 Å². The van der Waals surface area contributed by atoms with E-state index < -0.39 is 0 Å². The third kappa shape index (κ3) is 2.97. The summed E-state index contributed by atoms with van der Waals surface area (Å²) in [6.45, 7) is 5.07. The molecule has 0 unspecified atom stereocenters. The Morgan fingerprint density at radius 3 is 2.50 bits per heavy atom. The molecule has 1 aliphatic rings. The minimum Gasteiger partial charge on any atom is -0.369 e. The molecule has 1 saturated heterocycles. The van der Waals surface area contributed by atoms with Crippen LogP contribution < -0.4 is 10.6 Å². The molecule has 2 N–H and O–H groups in total. The number of piperazine rings is 1. The minimum absolute atomic E-state index is 0.300. The quantitative estimate of drug-likeness (QED) is 0.890. The van der Waals surface area contributed by atoms with Gasteiger partial charge in [-0.25, -0.2) is 0 Å². The molecule has 0 saturated carbocycles. The summed E-state index contributed by atoms with van der Waals surface area (Å²) in [6, 6.07) is 10.5. The van der Waals surface area contributed by atoms with E-state index in [4.69, 9.17) is 10.3 Å². The largest absolute Gasteiger partial charge is 0.369 e. The van der Waals surface area contributed by atoms with Gasteiger partial charge < -0.3 is 15.2 Å². The molecule has 0 spiro atoms. The van der Waals surface area contributed by atoms with E-state index in [1.807, 2.05) is 6.07 Å². The summed E-state index contributed by atoms with van der Waals surface area (Å²) in [5.74, 6) is 1.22. The van der Waals surface area contributed by atoms with Crippen molar-refractivity contribution < 1.29 is 4.52 Å². The van der Waals surface area contributed by atoms with Gasteiger partial charge in [-0.3, -0.25) is 4.90 Å². The summed E-state index contributed by atoms with van der Waals surface area (Å²) >= 11 is 0. The number of benzene rings is 1. The molecule has 1 aromatic heterocycles. The number of aromatic nitrogens is 2. The molecule has 0 atom stereocenters. The fourth-order valence-corrected chi connectivity index (χ4v) is 2.44. The molecule has 3 rings (SSSR count). The topological polar surface area (TPSA) is 71.4 Å². The van der Waals surface area contributed by atoms with Gasteiger partial charge in [0.05, 0.1) is 13.1 Å². The SMILES string of the molecule is NCc1nc(CN2CCN(c3ccccc3)CC2)no1. The fourth-order valence-electron chi connectivity index (χ4n) is 2.44. The first-order valence-corrected chi connectivity index (χ1v) is 6.89. The van der Waals surface area contributed by atoms with E-state index in [1.54, 1.807) is 0 Å². The highest BCUT2D eigenvalue weighted by Crippen LogP contribution is 2.16. The lowest BCUT2D eigenvalue weighted by atomic mass is 10.2. The normalized spacial score (nSPS) is 16.6. The fraction of sp³-hybridized carbons (Fsp3) is 0.429. The van der Waals surface area contributed by atoms with Gasteiger partial charge in [-0.05, 0) is 12.1 Å². The van der Waals surface area contributed by atoms with E-state index in [1.165, 1.54) is 5.69 Å². The molecular formula is C14H19N5O. The molecule has 0 aliphatic carbocycles. The Balaban J connectivity index is 1.53. The van der Waals surface area contributed by atoms with Crippen LogP contribution >= 0.6 is 0 Å². The van der Waals surface area contributed by atoms with Crippen LogP contribution in [0.2, 0.25) is 0 Å². The van der Waals surface area contributed by atoms with Crippen molar-refractivity contribution in [3.8, 4) is 0 Å². The molecular weight excluding hydrogens is 254 g/mol. The number of nitrogens with two attached hydrogens (primary N) is 1. The number of anilines is 1. The molecule has 0 radical (unpaired) electrons. The van der Waals surface area contributed by atoms with Crippen LogP contribution in [0.25, 0.3) is 0 Å². The molecule has 1 aliphatic heterocycles. The molecule has 2 aromatic rings. The molecule has 20 heavy (non-hydrogen) atoms.